The predicted molar refractivity (Wildman–Crippen MR) is 310 cm³/mol. The molecule has 2 aromatic rings. The number of carboxylic acids is 1. The van der Waals surface area contributed by atoms with Crippen molar-refractivity contribution in [2.24, 2.45) is 34.4 Å². The number of carbonyl (C=O) groups is 12. The lowest BCUT2D eigenvalue weighted by Crippen LogP contribution is -2.61. The molecule has 2 heterocycles. The van der Waals surface area contributed by atoms with Gasteiger partial charge in [0, 0.05) is 50.3 Å². The molecule has 84 heavy (non-hydrogen) atoms. The highest BCUT2D eigenvalue weighted by atomic mass is 33.1. The number of guanidine groups is 1. The van der Waals surface area contributed by atoms with Crippen molar-refractivity contribution >= 4 is 98.5 Å². The van der Waals surface area contributed by atoms with Crippen LogP contribution in [0.4, 0.5) is 0 Å². The molecule has 2 fully saturated rings. The SMILES string of the molecule is N=C(N)NCCC[C@H](NC(=O)[C@@H]1CCCN1C(=O)[C@@H]1CSSCCC(=O)N[C@@H](Cc2ccc(O)cc2)C(=O)N[C@@H](Cc2ccccc2)C(=O)N[C@@H](CCC(N)=O)C(=O)N[C@@H](CC(N)=O)C(=O)N1)C(=O)NCC(N)=O.NCCCCC(N)C(=O)O. The molecule has 23 N–H and O–H groups in total. The van der Waals surface area contributed by atoms with Gasteiger partial charge in [0.15, 0.2) is 5.96 Å². The van der Waals surface area contributed by atoms with Gasteiger partial charge in [0.1, 0.15) is 54.1 Å². The minimum Gasteiger partial charge on any atom is -0.508 e. The van der Waals surface area contributed by atoms with Crippen LogP contribution in [-0.2, 0) is 70.4 Å². The van der Waals surface area contributed by atoms with E-state index in [1.54, 1.807) is 42.5 Å². The fourth-order valence-electron chi connectivity index (χ4n) is 8.44. The maximum atomic E-state index is 14.6. The van der Waals surface area contributed by atoms with Crippen LogP contribution in [0.15, 0.2) is 54.6 Å². The van der Waals surface area contributed by atoms with E-state index >= 15 is 0 Å². The molecule has 2 aromatic carbocycles. The second-order valence-electron chi connectivity index (χ2n) is 19.6. The molecule has 30 nitrogen and oxygen atoms in total. The molecule has 32 heteroatoms. The maximum Gasteiger partial charge on any atom is 0.320 e. The number of carbonyl (C=O) groups excluding carboxylic acids is 11. The number of primary amides is 3. The number of likely N-dealkylation sites (tertiary alicyclic amines) is 1. The molecule has 0 aromatic heterocycles. The Kier molecular flexibility index (Phi) is 30.9. The van der Waals surface area contributed by atoms with Crippen LogP contribution in [0.1, 0.15) is 81.8 Å². The standard InChI is InChI=1S/C46H64N14O12S2.C6H14N2O2/c47-35(62)15-14-29-40(67)58-32(22-36(48)63)43(70)59-33(45(72)60-18-5-9-34(60)44(71)56-28(8-4-17-52-46(50)51)39(66)53-23-37(49)64)24-74-73-19-16-38(65)54-30(21-26-10-12-27(61)13-11-26)41(68)57-31(42(69)55-29)20-25-6-2-1-3-7-25;7-4-2-1-3-5(8)6(9)10/h1-3,6-7,10-13,28-34,61H,4-5,8-9,14-24H2,(H2,47,62)(H2,48,63)(H2,49,64)(H,53,66)(H,54,65)(H,55,69)(H,56,71)(H,57,68)(H,58,67)(H,59,70)(H4,50,51,52);5H,1-4,7-8H2,(H,9,10)/t28-,29-,30-,31-,32-,33-,34-;/m0./s1. The van der Waals surface area contributed by atoms with Crippen LogP contribution in [0.2, 0.25) is 0 Å². The molecular weight excluding hydrogens is 1140 g/mol. The number of nitrogens with two attached hydrogens (primary N) is 6. The Hall–Kier alpha value is -8.23. The van der Waals surface area contributed by atoms with Crippen LogP contribution in [0.25, 0.3) is 0 Å². The first kappa shape index (κ1) is 70.0. The number of benzene rings is 2. The summed E-state index contributed by atoms with van der Waals surface area (Å²) in [5.41, 5.74) is 33.1. The molecule has 8 atom stereocenters. The van der Waals surface area contributed by atoms with Gasteiger partial charge in [-0.1, -0.05) is 70.5 Å². The van der Waals surface area contributed by atoms with Gasteiger partial charge in [-0.3, -0.25) is 62.9 Å². The zero-order valence-corrected chi connectivity index (χ0v) is 47.9. The Labute approximate surface area is 492 Å². The van der Waals surface area contributed by atoms with Crippen molar-refractivity contribution in [3.8, 4) is 5.75 Å². The van der Waals surface area contributed by atoms with E-state index in [1.165, 1.54) is 17.0 Å². The lowest BCUT2D eigenvalue weighted by Gasteiger charge is -2.31. The van der Waals surface area contributed by atoms with Gasteiger partial charge >= 0.3 is 5.97 Å². The molecule has 2 aliphatic heterocycles. The van der Waals surface area contributed by atoms with Gasteiger partial charge in [0.2, 0.25) is 65.0 Å². The summed E-state index contributed by atoms with van der Waals surface area (Å²) in [6.07, 6.45) is 0.836. The number of aromatic hydroxyl groups is 1. The Bertz CT molecular complexity index is 2610. The Morgan fingerprint density at radius 3 is 1.93 bits per heavy atom. The third-order valence-electron chi connectivity index (χ3n) is 12.8. The summed E-state index contributed by atoms with van der Waals surface area (Å²) in [6, 6.07) is 3.79. The molecule has 0 radical (unpaired) electrons. The van der Waals surface area contributed by atoms with Crippen molar-refractivity contribution < 1.29 is 67.7 Å². The van der Waals surface area contributed by atoms with Crippen LogP contribution in [0.5, 0.6) is 5.75 Å². The molecule has 2 saturated heterocycles. The van der Waals surface area contributed by atoms with Gasteiger partial charge in [-0.2, -0.15) is 0 Å². The minimum atomic E-state index is -1.77. The Balaban J connectivity index is 0.00000168. The molecule has 0 spiro atoms. The maximum absolute atomic E-state index is 14.6. The smallest absolute Gasteiger partial charge is 0.320 e. The lowest BCUT2D eigenvalue weighted by atomic mass is 10.0. The Morgan fingerprint density at radius 1 is 0.714 bits per heavy atom. The highest BCUT2D eigenvalue weighted by molar-refractivity contribution is 8.76. The first-order chi connectivity index (χ1) is 39.9. The number of amides is 11. The molecule has 0 aliphatic carbocycles. The summed E-state index contributed by atoms with van der Waals surface area (Å²) >= 11 is 0. The third kappa shape index (κ3) is 26.3. The van der Waals surface area contributed by atoms with Gasteiger partial charge in [0.05, 0.1) is 13.0 Å². The van der Waals surface area contributed by atoms with Gasteiger partial charge in [-0.05, 0) is 74.8 Å². The van der Waals surface area contributed by atoms with Crippen molar-refractivity contribution in [1.82, 2.24) is 47.4 Å². The number of hydrogen-bond acceptors (Lipinski definition) is 18. The number of aliphatic carboxylic acids is 1. The summed E-state index contributed by atoms with van der Waals surface area (Å²) < 4.78 is 0. The summed E-state index contributed by atoms with van der Waals surface area (Å²) in [6.45, 7) is 0.260. The van der Waals surface area contributed by atoms with Crippen molar-refractivity contribution in [2.75, 3.05) is 37.7 Å². The topological polar surface area (TPSA) is 525 Å². The summed E-state index contributed by atoms with van der Waals surface area (Å²) in [7, 11) is 2.18. The van der Waals surface area contributed by atoms with Crippen molar-refractivity contribution in [2.45, 2.75) is 132 Å². The van der Waals surface area contributed by atoms with E-state index in [4.69, 9.17) is 44.9 Å². The zero-order chi connectivity index (χ0) is 62.3. The molecule has 11 amide bonds. The lowest BCUT2D eigenvalue weighted by molar-refractivity contribution is -0.142. The highest BCUT2D eigenvalue weighted by Crippen LogP contribution is 2.26. The van der Waals surface area contributed by atoms with Crippen molar-refractivity contribution in [1.29, 1.82) is 5.41 Å². The van der Waals surface area contributed by atoms with E-state index in [2.05, 4.69) is 42.5 Å². The van der Waals surface area contributed by atoms with Crippen molar-refractivity contribution in [3.63, 3.8) is 0 Å². The molecule has 4 rings (SSSR count). The van der Waals surface area contributed by atoms with E-state index in [1.807, 2.05) is 0 Å². The Morgan fingerprint density at radius 2 is 1.32 bits per heavy atom. The number of nitrogens with one attached hydrogen (secondary N) is 9. The van der Waals surface area contributed by atoms with E-state index in [-0.39, 0.29) is 74.8 Å². The fourth-order valence-corrected chi connectivity index (χ4v) is 10.6. The number of phenols is 1. The average Bonchev–Trinajstić information content (AvgIpc) is 4.16. The minimum absolute atomic E-state index is 0.0163. The van der Waals surface area contributed by atoms with Crippen LogP contribution < -0.4 is 76.9 Å². The monoisotopic (exact) mass is 1210 g/mol. The number of rotatable bonds is 24. The van der Waals surface area contributed by atoms with Crippen LogP contribution in [0.3, 0.4) is 0 Å². The number of nitrogens with zero attached hydrogens (tertiary/aromatic N) is 1. The number of phenolic OH excluding ortho intramolecular Hbond substituents is 1. The van der Waals surface area contributed by atoms with E-state index in [0.29, 0.717) is 30.5 Å². The highest BCUT2D eigenvalue weighted by Gasteiger charge is 2.40. The first-order valence-electron chi connectivity index (χ1n) is 27.0. The van der Waals surface area contributed by atoms with Crippen molar-refractivity contribution in [3.05, 3.63) is 65.7 Å². The number of hydrogen-bond donors (Lipinski definition) is 17. The van der Waals surface area contributed by atoms with Gasteiger partial charge in [-0.15, -0.1) is 0 Å². The molecule has 462 valence electrons. The third-order valence-corrected chi connectivity index (χ3v) is 15.2. The molecule has 2 aliphatic rings. The van der Waals surface area contributed by atoms with E-state index in [9.17, 15) is 62.6 Å². The van der Waals surface area contributed by atoms with Gasteiger partial charge in [-0.25, -0.2) is 0 Å². The second kappa shape index (κ2) is 37.1. The predicted octanol–water partition coefficient (Wildman–Crippen LogP) is -4.60. The van der Waals surface area contributed by atoms with Crippen LogP contribution >= 0.6 is 21.6 Å². The zero-order valence-electron chi connectivity index (χ0n) is 46.3. The molecule has 0 bridgehead atoms. The number of unbranched alkanes of at least 4 members (excludes halogenated alkanes) is 1. The van der Waals surface area contributed by atoms with Crippen LogP contribution in [-0.4, -0.2) is 178 Å². The molecule has 0 saturated carbocycles. The van der Waals surface area contributed by atoms with E-state index in [0.717, 1.165) is 34.4 Å². The van der Waals surface area contributed by atoms with Gasteiger partial charge < -0.3 is 92.0 Å². The fraction of sp³-hybridized carbons (Fsp3) is 0.519. The average molecular weight is 1220 g/mol. The quantitative estimate of drug-likeness (QED) is 0.0204. The van der Waals surface area contributed by atoms with E-state index < -0.39 is 145 Å². The molecule has 1 unspecified atom stereocenters. The van der Waals surface area contributed by atoms with Crippen LogP contribution in [0, 0.1) is 5.41 Å². The first-order valence-corrected chi connectivity index (χ1v) is 29.4. The van der Waals surface area contributed by atoms with Gasteiger partial charge in [0.25, 0.3) is 0 Å². The largest absolute Gasteiger partial charge is 0.508 e. The number of carboxylic acid groups (broad SMARTS) is 1. The molecular formula is C52H78N16O14S2. The normalized spacial score (nSPS) is 20.7. The second-order valence-corrected chi connectivity index (χ2v) is 22.2. The summed E-state index contributed by atoms with van der Waals surface area (Å²) in [5.74, 6) is -10.8. The summed E-state index contributed by atoms with van der Waals surface area (Å²) in [5, 5.41) is 46.1. The summed E-state index contributed by atoms with van der Waals surface area (Å²) in [4.78, 5) is 159.